The minimum atomic E-state index is 0. The fourth-order valence-corrected chi connectivity index (χ4v) is 1.75. The number of fused-ring (bicyclic) bond motifs is 1. The van der Waals surface area contributed by atoms with Crippen LogP contribution in [-0.2, 0) is 23.3 Å². The van der Waals surface area contributed by atoms with E-state index in [4.69, 9.17) is 0 Å². The largest absolute Gasteiger partial charge is 0.184 e. The number of hydrogen-bond donors (Lipinski definition) is 0. The normalized spacial score (nSPS) is 9.24. The van der Waals surface area contributed by atoms with Crippen molar-refractivity contribution in [3.8, 4) is 0 Å². The molecule has 2 radical (unpaired) electrons. The molecule has 3 aromatic rings. The van der Waals surface area contributed by atoms with Crippen LogP contribution in [0.3, 0.4) is 0 Å². The Kier molecular flexibility index (Phi) is 24.6. The van der Waals surface area contributed by atoms with E-state index in [9.17, 15) is 0 Å². The summed E-state index contributed by atoms with van der Waals surface area (Å²) in [6.07, 6.45) is 10.0. The maximum Gasteiger partial charge on any atom is -0.0809 e. The van der Waals surface area contributed by atoms with Crippen molar-refractivity contribution in [2.45, 2.75) is 6.42 Å². The summed E-state index contributed by atoms with van der Waals surface area (Å²) in [6.45, 7) is 3.06. The average Bonchev–Trinajstić information content (AvgIpc) is 3.33. The fourth-order valence-electron chi connectivity index (χ4n) is 1.75. The van der Waals surface area contributed by atoms with E-state index < -0.39 is 0 Å². The van der Waals surface area contributed by atoms with E-state index in [1.54, 1.807) is 0 Å². The van der Waals surface area contributed by atoms with Gasteiger partial charge in [0.2, 0.25) is 0 Å². The second-order valence-electron chi connectivity index (χ2n) is 4.24. The molecule has 0 spiro atoms. The van der Waals surface area contributed by atoms with Gasteiger partial charge in [-0.3, -0.25) is 6.08 Å². The fraction of sp³-hybridized carbons (Fsp3) is 0.0476. The van der Waals surface area contributed by atoms with Gasteiger partial charge in [-0.1, -0.05) is 6.07 Å². The van der Waals surface area contributed by atoms with Gasteiger partial charge in [-0.25, -0.2) is 12.2 Å². The van der Waals surface area contributed by atoms with Crippen LogP contribution in [0.15, 0.2) is 91.0 Å². The van der Waals surface area contributed by atoms with Gasteiger partial charge in [0.1, 0.15) is 0 Å². The van der Waals surface area contributed by atoms with Crippen molar-refractivity contribution in [2.75, 3.05) is 0 Å². The summed E-state index contributed by atoms with van der Waals surface area (Å²) in [5, 5.41) is 2.66. The first kappa shape index (κ1) is 29.0. The van der Waals surface area contributed by atoms with Gasteiger partial charge in [-0.05, 0) is 0 Å². The van der Waals surface area contributed by atoms with E-state index >= 15 is 0 Å². The van der Waals surface area contributed by atoms with E-state index in [1.165, 1.54) is 34.1 Å². The van der Waals surface area contributed by atoms with E-state index in [0.29, 0.717) is 0 Å². The molecule has 0 aliphatic heterocycles. The maximum atomic E-state index is 3.06. The molecule has 0 fully saturated rings. The molecule has 0 aromatic heterocycles. The number of allylic oxidation sites excluding steroid dienone is 4. The molecule has 0 saturated heterocycles. The van der Waals surface area contributed by atoms with Crippen LogP contribution in [0.4, 0.5) is 0 Å². The third-order valence-corrected chi connectivity index (χ3v) is 2.74. The molecule has 132 valence electrons. The molecule has 1 aliphatic rings. The topological polar surface area (TPSA) is 0 Å². The first-order valence-corrected chi connectivity index (χ1v) is 11.1. The van der Waals surface area contributed by atoms with Gasteiger partial charge in [0.25, 0.3) is 0 Å². The van der Waals surface area contributed by atoms with E-state index in [0.717, 1.165) is 6.42 Å². The van der Waals surface area contributed by atoms with Gasteiger partial charge in [0, 0.05) is 0 Å². The van der Waals surface area contributed by atoms with Crippen LogP contribution in [0.1, 0.15) is 6.42 Å². The van der Waals surface area contributed by atoms with Crippen molar-refractivity contribution in [1.29, 1.82) is 0 Å². The van der Waals surface area contributed by atoms with Crippen LogP contribution in [0.25, 0.3) is 10.8 Å². The number of rotatable bonds is 0. The maximum absolute atomic E-state index is 3.06. The number of halogens is 2. The first-order valence-electron chi connectivity index (χ1n) is 6.95. The molecule has 3 aromatic carbocycles. The molecule has 4 rings (SSSR count). The van der Waals surface area contributed by atoms with Crippen molar-refractivity contribution in [3.05, 3.63) is 111 Å². The van der Waals surface area contributed by atoms with Crippen molar-refractivity contribution >= 4 is 42.5 Å². The Balaban J connectivity index is -0.000000272. The van der Waals surface area contributed by atoms with Crippen molar-refractivity contribution in [1.82, 2.24) is 0 Å². The Morgan fingerprint density at radius 3 is 2.00 bits per heavy atom. The minimum absolute atomic E-state index is 0. The van der Waals surface area contributed by atoms with Gasteiger partial charge >= 0.3 is 30.2 Å². The minimum Gasteiger partial charge on any atom is -0.184 e. The summed E-state index contributed by atoms with van der Waals surface area (Å²) in [5.74, 6) is 0. The predicted molar refractivity (Wildman–Crippen MR) is 113 cm³/mol. The molecule has 0 N–H and O–H groups in total. The van der Waals surface area contributed by atoms with Crippen LogP contribution >= 0.6 is 24.8 Å². The molecular weight excluding hydrogens is 442 g/mol. The summed E-state index contributed by atoms with van der Waals surface area (Å²) in [5.41, 5.74) is 0. The monoisotopic (exact) mass is 462 g/mol. The molecule has 25 heavy (non-hydrogen) atoms. The molecule has 0 amide bonds. The zero-order chi connectivity index (χ0) is 15.9. The van der Waals surface area contributed by atoms with Crippen LogP contribution < -0.4 is 0 Å². The average molecular weight is 465 g/mol. The zero-order valence-electron chi connectivity index (χ0n) is 14.2. The Morgan fingerprint density at radius 2 is 1.60 bits per heavy atom. The number of hydrogen-bond acceptors (Lipinski definition) is 0. The molecule has 1 aliphatic carbocycles. The van der Waals surface area contributed by atoms with Gasteiger partial charge < -0.3 is 7.43 Å². The summed E-state index contributed by atoms with van der Waals surface area (Å²) in [6, 6.07) is 27.2. The van der Waals surface area contributed by atoms with Crippen LogP contribution in [0.2, 0.25) is 0 Å². The molecule has 0 bridgehead atoms. The summed E-state index contributed by atoms with van der Waals surface area (Å²) >= 11 is 1.36. The standard InChI is InChI=1S/C9H7.C6H5.C5H5.CH3.2ClH.Si.Zr/c1-2-5-9-7-3-6-8(9)4-1;1-2-4-6-5-3-1;1-2-4-5-3-1;;;;;/h1-7H;1-5H;1-3H,4H2;1H3;2*1H;;/q4*-1;;;;. The second-order valence-corrected chi connectivity index (χ2v) is 4.24. The third-order valence-electron chi connectivity index (χ3n) is 2.74. The predicted octanol–water partition coefficient (Wildman–Crippen LogP) is 6.26. The molecule has 0 heterocycles. The SMILES string of the molecule is Cl.Cl.[C-]1=CC=CC1.[CH3-].[Si]=[Zr].[c-]1ccccc1.c1ccc2[cH-]ccc2c1. The molecular formula is C21H22Cl2SiZr-4. The summed E-state index contributed by atoms with van der Waals surface area (Å²) < 4.78 is 0. The Bertz CT molecular complexity index is 611. The smallest absolute Gasteiger partial charge is 0.0809 e. The van der Waals surface area contributed by atoms with Crippen molar-refractivity contribution < 1.29 is 23.3 Å². The molecule has 4 heteroatoms. The van der Waals surface area contributed by atoms with E-state index in [2.05, 4.69) is 67.6 Å². The first-order chi connectivity index (χ1) is 11.0. The Morgan fingerprint density at radius 1 is 0.920 bits per heavy atom. The van der Waals surface area contributed by atoms with Crippen molar-refractivity contribution in [3.63, 3.8) is 0 Å². The van der Waals surface area contributed by atoms with Gasteiger partial charge in [0.05, 0.1) is 0 Å². The van der Waals surface area contributed by atoms with Crippen LogP contribution in [0.5, 0.6) is 0 Å². The quantitative estimate of drug-likeness (QED) is 0.272. The van der Waals surface area contributed by atoms with E-state index in [1.807, 2.05) is 42.5 Å². The summed E-state index contributed by atoms with van der Waals surface area (Å²) in [7, 11) is 0. The van der Waals surface area contributed by atoms with E-state index in [-0.39, 0.29) is 32.2 Å². The van der Waals surface area contributed by atoms with Crippen LogP contribution in [-0.4, -0.2) is 6.88 Å². The van der Waals surface area contributed by atoms with Gasteiger partial charge in [-0.2, -0.15) is 60.0 Å². The van der Waals surface area contributed by atoms with Gasteiger partial charge in [0.15, 0.2) is 0 Å². The molecule has 0 saturated carbocycles. The van der Waals surface area contributed by atoms with Gasteiger partial charge in [-0.15, -0.1) is 60.9 Å². The van der Waals surface area contributed by atoms with Crippen LogP contribution in [0, 0.1) is 19.6 Å². The molecule has 0 atom stereocenters. The second kappa shape index (κ2) is 21.3. The summed E-state index contributed by atoms with van der Waals surface area (Å²) in [4.78, 5) is 0. The zero-order valence-corrected chi connectivity index (χ0v) is 19.3. The molecule has 0 nitrogen and oxygen atoms in total. The number of benzene rings is 2. The van der Waals surface area contributed by atoms with Crippen molar-refractivity contribution in [2.24, 2.45) is 0 Å². The Labute approximate surface area is 181 Å². The third kappa shape index (κ3) is 14.1. The molecule has 0 unspecified atom stereocenters. The Hall–Kier alpha value is -0.790.